The molecule has 0 aliphatic carbocycles. The number of aromatic nitrogens is 2. The lowest BCUT2D eigenvalue weighted by Crippen LogP contribution is -2.16. The van der Waals surface area contributed by atoms with Gasteiger partial charge < -0.3 is 14.8 Å². The molecule has 0 saturated heterocycles. The van der Waals surface area contributed by atoms with Crippen LogP contribution in [0, 0.1) is 0 Å². The van der Waals surface area contributed by atoms with Gasteiger partial charge >= 0.3 is 5.97 Å². The van der Waals surface area contributed by atoms with Gasteiger partial charge in [0.15, 0.2) is 5.00 Å². The molecule has 0 aliphatic rings. The Morgan fingerprint density at radius 3 is 2.57 bits per heavy atom. The highest BCUT2D eigenvalue weighted by Gasteiger charge is 2.18. The highest BCUT2D eigenvalue weighted by molar-refractivity contribution is 7.10. The number of ether oxygens (including phenoxy) is 2. The summed E-state index contributed by atoms with van der Waals surface area (Å²) in [6.45, 7) is 0. The smallest absolute Gasteiger partial charge is 0.361 e. The molecule has 2 aromatic rings. The van der Waals surface area contributed by atoms with E-state index >= 15 is 0 Å². The summed E-state index contributed by atoms with van der Waals surface area (Å²) in [5.41, 5.74) is 0.830. The number of nitrogens with zero attached hydrogens (tertiary/aromatic N) is 2. The summed E-state index contributed by atoms with van der Waals surface area (Å²) < 4.78 is 13.2. The Morgan fingerprint density at radius 2 is 1.95 bits per heavy atom. The van der Waals surface area contributed by atoms with E-state index in [1.54, 1.807) is 31.4 Å². The average molecular weight is 307 g/mol. The lowest BCUT2D eigenvalue weighted by Gasteiger charge is -2.05. The second-order valence-corrected chi connectivity index (χ2v) is 4.77. The van der Waals surface area contributed by atoms with E-state index in [1.807, 2.05) is 0 Å². The van der Waals surface area contributed by atoms with Crippen LogP contribution < -0.4 is 10.1 Å². The van der Waals surface area contributed by atoms with Gasteiger partial charge in [0.25, 0.3) is 0 Å². The van der Waals surface area contributed by atoms with E-state index in [0.717, 1.165) is 22.8 Å². The Morgan fingerprint density at radius 1 is 1.24 bits per heavy atom. The van der Waals surface area contributed by atoms with E-state index < -0.39 is 5.97 Å². The van der Waals surface area contributed by atoms with Crippen LogP contribution in [0.4, 0.5) is 5.00 Å². The average Bonchev–Trinajstić information content (AvgIpc) is 2.95. The molecule has 1 amide bonds. The minimum Gasteiger partial charge on any atom is -0.497 e. The van der Waals surface area contributed by atoms with Crippen molar-refractivity contribution in [3.63, 3.8) is 0 Å². The molecule has 1 N–H and O–H groups in total. The van der Waals surface area contributed by atoms with Gasteiger partial charge in [-0.25, -0.2) is 4.79 Å². The molecular weight excluding hydrogens is 294 g/mol. The molecule has 21 heavy (non-hydrogen) atoms. The fraction of sp³-hybridized carbons (Fsp3) is 0.231. The van der Waals surface area contributed by atoms with Gasteiger partial charge in [0.1, 0.15) is 5.75 Å². The predicted octanol–water partition coefficient (Wildman–Crippen LogP) is 1.51. The first-order valence-corrected chi connectivity index (χ1v) is 6.75. The highest BCUT2D eigenvalue weighted by Crippen LogP contribution is 2.19. The van der Waals surface area contributed by atoms with E-state index in [-0.39, 0.29) is 23.0 Å². The number of nitrogens with one attached hydrogen (secondary N) is 1. The number of benzene rings is 1. The van der Waals surface area contributed by atoms with Gasteiger partial charge in [0.2, 0.25) is 11.6 Å². The highest BCUT2D eigenvalue weighted by atomic mass is 32.1. The van der Waals surface area contributed by atoms with Crippen LogP contribution in [0.3, 0.4) is 0 Å². The third kappa shape index (κ3) is 3.76. The van der Waals surface area contributed by atoms with E-state index in [9.17, 15) is 9.59 Å². The van der Waals surface area contributed by atoms with Gasteiger partial charge in [-0.05, 0) is 17.7 Å². The third-order valence-electron chi connectivity index (χ3n) is 2.64. The molecule has 1 heterocycles. The maximum Gasteiger partial charge on any atom is 0.361 e. The van der Waals surface area contributed by atoms with E-state index in [2.05, 4.69) is 19.6 Å². The summed E-state index contributed by atoms with van der Waals surface area (Å²) in [6, 6.07) is 7.14. The zero-order valence-electron chi connectivity index (χ0n) is 11.5. The third-order valence-corrected chi connectivity index (χ3v) is 3.28. The van der Waals surface area contributed by atoms with Crippen molar-refractivity contribution in [2.24, 2.45) is 0 Å². The number of hydrogen-bond acceptors (Lipinski definition) is 7. The molecule has 0 spiro atoms. The van der Waals surface area contributed by atoms with Gasteiger partial charge in [0.05, 0.1) is 20.6 Å². The molecule has 1 aromatic carbocycles. The van der Waals surface area contributed by atoms with Gasteiger partial charge in [-0.2, -0.15) is 0 Å². The molecule has 0 bridgehead atoms. The van der Waals surface area contributed by atoms with Crippen LogP contribution in [-0.4, -0.2) is 35.7 Å². The monoisotopic (exact) mass is 307 g/mol. The molecule has 0 fully saturated rings. The first-order chi connectivity index (χ1) is 10.1. The molecule has 0 saturated carbocycles. The van der Waals surface area contributed by atoms with Crippen molar-refractivity contribution in [3.05, 3.63) is 35.5 Å². The van der Waals surface area contributed by atoms with Crippen LogP contribution in [0.2, 0.25) is 0 Å². The Hall–Kier alpha value is -2.48. The van der Waals surface area contributed by atoms with Gasteiger partial charge in [0, 0.05) is 11.5 Å². The molecule has 1 aromatic heterocycles. The Labute approximate surface area is 125 Å². The first-order valence-electron chi connectivity index (χ1n) is 5.97. The fourth-order valence-electron chi connectivity index (χ4n) is 1.60. The summed E-state index contributed by atoms with van der Waals surface area (Å²) in [5, 5.41) is 6.52. The van der Waals surface area contributed by atoms with Crippen LogP contribution >= 0.6 is 11.5 Å². The summed E-state index contributed by atoms with van der Waals surface area (Å²) in [7, 11) is 2.82. The maximum absolute atomic E-state index is 12.0. The number of anilines is 1. The molecule has 2 rings (SSSR count). The molecular formula is C13H13N3O4S. The van der Waals surface area contributed by atoms with Crippen LogP contribution in [0.5, 0.6) is 5.75 Å². The zero-order valence-corrected chi connectivity index (χ0v) is 12.3. The van der Waals surface area contributed by atoms with Gasteiger partial charge in [-0.1, -0.05) is 16.6 Å². The first kappa shape index (κ1) is 14.9. The summed E-state index contributed by atoms with van der Waals surface area (Å²) >= 11 is 0.924. The number of amides is 1. The van der Waals surface area contributed by atoms with Crippen molar-refractivity contribution in [1.29, 1.82) is 0 Å². The number of esters is 1. The van der Waals surface area contributed by atoms with E-state index in [0.29, 0.717) is 0 Å². The molecule has 0 unspecified atom stereocenters. The largest absolute Gasteiger partial charge is 0.497 e. The van der Waals surface area contributed by atoms with E-state index in [1.165, 1.54) is 7.11 Å². The molecule has 0 atom stereocenters. The van der Waals surface area contributed by atoms with Gasteiger partial charge in [-0.15, -0.1) is 5.10 Å². The zero-order chi connectivity index (χ0) is 15.2. The van der Waals surface area contributed by atoms with Crippen molar-refractivity contribution in [2.75, 3.05) is 19.5 Å². The van der Waals surface area contributed by atoms with Crippen molar-refractivity contribution < 1.29 is 19.1 Å². The number of carbonyl (C=O) groups excluding carboxylic acids is 2. The Balaban J connectivity index is 2.01. The van der Waals surface area contributed by atoms with Crippen molar-refractivity contribution in [3.8, 4) is 5.75 Å². The maximum atomic E-state index is 12.0. The second-order valence-electron chi connectivity index (χ2n) is 4.02. The fourth-order valence-corrected chi connectivity index (χ4v) is 2.18. The van der Waals surface area contributed by atoms with Crippen LogP contribution in [0.25, 0.3) is 0 Å². The van der Waals surface area contributed by atoms with Crippen molar-refractivity contribution in [2.45, 2.75) is 6.42 Å². The standard InChI is InChI=1S/C13H13N3O4S/c1-19-9-5-3-8(4-6-9)7-10(17)14-12-11(13(18)20-2)15-16-21-12/h3-6H,7H2,1-2H3,(H,14,17). The van der Waals surface area contributed by atoms with Crippen LogP contribution in [0.1, 0.15) is 16.1 Å². The number of rotatable bonds is 5. The summed E-state index contributed by atoms with van der Waals surface area (Å²) in [6.07, 6.45) is 0.169. The number of methoxy groups -OCH3 is 2. The summed E-state index contributed by atoms with van der Waals surface area (Å²) in [4.78, 5) is 23.4. The van der Waals surface area contributed by atoms with Crippen molar-refractivity contribution in [1.82, 2.24) is 9.59 Å². The molecule has 110 valence electrons. The minimum atomic E-state index is -0.636. The predicted molar refractivity (Wildman–Crippen MR) is 76.6 cm³/mol. The minimum absolute atomic E-state index is 0.00517. The lowest BCUT2D eigenvalue weighted by molar-refractivity contribution is -0.115. The molecule has 0 radical (unpaired) electrons. The van der Waals surface area contributed by atoms with Crippen LogP contribution in [-0.2, 0) is 16.0 Å². The lowest BCUT2D eigenvalue weighted by atomic mass is 10.1. The number of hydrogen-bond donors (Lipinski definition) is 1. The topological polar surface area (TPSA) is 90.4 Å². The Kier molecular flexibility index (Phi) is 4.83. The SMILES string of the molecule is COC(=O)c1nnsc1NC(=O)Cc1ccc(OC)cc1. The van der Waals surface area contributed by atoms with Gasteiger partial charge in [-0.3, -0.25) is 4.79 Å². The van der Waals surface area contributed by atoms with E-state index in [4.69, 9.17) is 4.74 Å². The summed E-state index contributed by atoms with van der Waals surface area (Å²) in [5.74, 6) is -0.182. The Bertz CT molecular complexity index is 639. The molecule has 8 heteroatoms. The number of carbonyl (C=O) groups is 2. The normalized spacial score (nSPS) is 10.0. The molecule has 7 nitrogen and oxygen atoms in total. The van der Waals surface area contributed by atoms with Crippen molar-refractivity contribution >= 4 is 28.4 Å². The van der Waals surface area contributed by atoms with Crippen LogP contribution in [0.15, 0.2) is 24.3 Å². The quantitative estimate of drug-likeness (QED) is 0.842. The molecule has 0 aliphatic heterocycles. The second kappa shape index (κ2) is 6.80.